The summed E-state index contributed by atoms with van der Waals surface area (Å²) >= 11 is 6.30. The van der Waals surface area contributed by atoms with E-state index in [0.717, 1.165) is 17.7 Å². The van der Waals surface area contributed by atoms with Gasteiger partial charge in [-0.1, -0.05) is 42.6 Å². The van der Waals surface area contributed by atoms with E-state index < -0.39 is 0 Å². The average Bonchev–Trinajstić information content (AvgIpc) is 3.07. The third kappa shape index (κ3) is 5.37. The lowest BCUT2D eigenvalue weighted by atomic mass is 10.2. The van der Waals surface area contributed by atoms with Crippen LogP contribution in [0, 0.1) is 5.82 Å². The molecule has 1 aliphatic rings. The van der Waals surface area contributed by atoms with Crippen molar-refractivity contribution < 1.29 is 9.13 Å². The van der Waals surface area contributed by atoms with E-state index in [-0.39, 0.29) is 18.2 Å². The molecule has 2 aromatic rings. The molecule has 0 bridgehead atoms. The van der Waals surface area contributed by atoms with Crippen LogP contribution in [0.25, 0.3) is 0 Å². The molecule has 0 spiro atoms. The van der Waals surface area contributed by atoms with Crippen molar-refractivity contribution in [3.05, 3.63) is 64.4 Å². The van der Waals surface area contributed by atoms with Gasteiger partial charge in [-0.2, -0.15) is 0 Å². The first kappa shape index (κ1) is 19.0. The lowest BCUT2D eigenvalue weighted by Gasteiger charge is -2.13. The van der Waals surface area contributed by atoms with Gasteiger partial charge in [0.15, 0.2) is 0 Å². The minimum Gasteiger partial charge on any atom is -0.487 e. The van der Waals surface area contributed by atoms with Gasteiger partial charge in [0.1, 0.15) is 18.2 Å². The van der Waals surface area contributed by atoms with Crippen molar-refractivity contribution in [1.82, 2.24) is 5.32 Å². The van der Waals surface area contributed by atoms with Crippen LogP contribution >= 0.6 is 24.0 Å². The quantitative estimate of drug-likeness (QED) is 0.724. The number of rotatable bonds is 6. The van der Waals surface area contributed by atoms with Crippen LogP contribution in [-0.4, -0.2) is 6.04 Å². The van der Waals surface area contributed by atoms with Gasteiger partial charge >= 0.3 is 0 Å². The SMILES string of the molecule is Cl.Fc1ccc(COc2ccc(CNC3CCCC3)cc2Cl)cc1. The number of hydrogen-bond donors (Lipinski definition) is 1. The summed E-state index contributed by atoms with van der Waals surface area (Å²) in [6.45, 7) is 1.21. The molecule has 3 rings (SSSR count). The Labute approximate surface area is 153 Å². The van der Waals surface area contributed by atoms with E-state index in [1.54, 1.807) is 12.1 Å². The van der Waals surface area contributed by atoms with E-state index in [4.69, 9.17) is 16.3 Å². The zero-order chi connectivity index (χ0) is 16.1. The normalized spacial score (nSPS) is 14.4. The second-order valence-electron chi connectivity index (χ2n) is 6.04. The average molecular weight is 370 g/mol. The third-order valence-electron chi connectivity index (χ3n) is 4.25. The Morgan fingerprint density at radius 2 is 1.71 bits per heavy atom. The highest BCUT2D eigenvalue weighted by Gasteiger charge is 2.14. The molecule has 0 atom stereocenters. The van der Waals surface area contributed by atoms with Crippen LogP contribution in [0.3, 0.4) is 0 Å². The van der Waals surface area contributed by atoms with Gasteiger partial charge in [-0.25, -0.2) is 4.39 Å². The number of halogens is 3. The number of nitrogens with one attached hydrogen (secondary N) is 1. The van der Waals surface area contributed by atoms with Gasteiger partial charge in [0.05, 0.1) is 5.02 Å². The highest BCUT2D eigenvalue weighted by molar-refractivity contribution is 6.32. The summed E-state index contributed by atoms with van der Waals surface area (Å²) in [5.74, 6) is 0.409. The predicted octanol–water partition coefficient (Wildman–Crippen LogP) is 5.51. The van der Waals surface area contributed by atoms with Crippen molar-refractivity contribution in [2.24, 2.45) is 0 Å². The van der Waals surface area contributed by atoms with E-state index in [1.807, 2.05) is 18.2 Å². The van der Waals surface area contributed by atoms with Crippen LogP contribution in [-0.2, 0) is 13.2 Å². The van der Waals surface area contributed by atoms with Crippen LogP contribution < -0.4 is 10.1 Å². The number of hydrogen-bond acceptors (Lipinski definition) is 2. The monoisotopic (exact) mass is 369 g/mol. The Kier molecular flexibility index (Phi) is 7.35. The largest absolute Gasteiger partial charge is 0.487 e. The van der Waals surface area contributed by atoms with E-state index in [2.05, 4.69) is 5.32 Å². The first-order chi connectivity index (χ1) is 11.2. The highest BCUT2D eigenvalue weighted by atomic mass is 35.5. The van der Waals surface area contributed by atoms with Gasteiger partial charge in [0, 0.05) is 12.6 Å². The molecule has 130 valence electrons. The smallest absolute Gasteiger partial charge is 0.138 e. The molecular formula is C19H22Cl2FNO. The van der Waals surface area contributed by atoms with E-state index in [1.165, 1.54) is 37.8 Å². The maximum absolute atomic E-state index is 12.9. The van der Waals surface area contributed by atoms with Crippen LogP contribution in [0.1, 0.15) is 36.8 Å². The van der Waals surface area contributed by atoms with Gasteiger partial charge in [-0.3, -0.25) is 0 Å². The van der Waals surface area contributed by atoms with E-state index in [0.29, 0.717) is 23.4 Å². The Hall–Kier alpha value is -1.29. The lowest BCUT2D eigenvalue weighted by molar-refractivity contribution is 0.306. The summed E-state index contributed by atoms with van der Waals surface area (Å²) in [6.07, 6.45) is 5.20. The molecule has 0 amide bonds. The van der Waals surface area contributed by atoms with Crippen molar-refractivity contribution in [3.8, 4) is 5.75 Å². The van der Waals surface area contributed by atoms with Crippen LogP contribution in [0.4, 0.5) is 4.39 Å². The lowest BCUT2D eigenvalue weighted by Crippen LogP contribution is -2.25. The summed E-state index contributed by atoms with van der Waals surface area (Å²) in [5, 5.41) is 4.18. The molecule has 0 heterocycles. The summed E-state index contributed by atoms with van der Waals surface area (Å²) in [6, 6.07) is 12.8. The first-order valence-electron chi connectivity index (χ1n) is 8.10. The summed E-state index contributed by atoms with van der Waals surface area (Å²) in [4.78, 5) is 0. The maximum atomic E-state index is 12.9. The molecular weight excluding hydrogens is 348 g/mol. The topological polar surface area (TPSA) is 21.3 Å². The molecule has 0 aliphatic heterocycles. The molecule has 24 heavy (non-hydrogen) atoms. The second kappa shape index (κ2) is 9.26. The van der Waals surface area contributed by atoms with Crippen LogP contribution in [0.5, 0.6) is 5.75 Å². The van der Waals surface area contributed by atoms with Gasteiger partial charge < -0.3 is 10.1 Å². The fraction of sp³-hybridized carbons (Fsp3) is 0.368. The molecule has 2 nitrogen and oxygen atoms in total. The minimum absolute atomic E-state index is 0. The summed E-state index contributed by atoms with van der Waals surface area (Å²) in [5.41, 5.74) is 2.07. The Morgan fingerprint density at radius 1 is 1.04 bits per heavy atom. The van der Waals surface area contributed by atoms with Crippen molar-refractivity contribution in [1.29, 1.82) is 0 Å². The van der Waals surface area contributed by atoms with Crippen LogP contribution in [0.2, 0.25) is 5.02 Å². The van der Waals surface area contributed by atoms with Crippen molar-refractivity contribution in [2.75, 3.05) is 0 Å². The zero-order valence-electron chi connectivity index (χ0n) is 13.4. The van der Waals surface area contributed by atoms with Gasteiger partial charge in [-0.15, -0.1) is 12.4 Å². The van der Waals surface area contributed by atoms with Gasteiger partial charge in [0.2, 0.25) is 0 Å². The Bertz CT molecular complexity index is 642. The second-order valence-corrected chi connectivity index (χ2v) is 6.45. The molecule has 0 aromatic heterocycles. The Morgan fingerprint density at radius 3 is 2.38 bits per heavy atom. The van der Waals surface area contributed by atoms with Gasteiger partial charge in [0.25, 0.3) is 0 Å². The summed E-state index contributed by atoms with van der Waals surface area (Å²) in [7, 11) is 0. The molecule has 1 fully saturated rings. The molecule has 0 saturated heterocycles. The van der Waals surface area contributed by atoms with Gasteiger partial charge in [-0.05, 0) is 48.2 Å². The molecule has 2 aromatic carbocycles. The van der Waals surface area contributed by atoms with E-state index in [9.17, 15) is 4.39 Å². The molecule has 1 aliphatic carbocycles. The minimum atomic E-state index is -0.245. The third-order valence-corrected chi connectivity index (χ3v) is 4.55. The standard InChI is InChI=1S/C19H21ClFNO.ClH/c20-18-11-15(12-22-17-3-1-2-4-17)7-10-19(18)23-13-14-5-8-16(21)9-6-14;/h5-11,17,22H,1-4,12-13H2;1H. The van der Waals surface area contributed by atoms with Crippen molar-refractivity contribution in [3.63, 3.8) is 0 Å². The number of ether oxygens (including phenoxy) is 1. The Balaban J connectivity index is 0.00000208. The zero-order valence-corrected chi connectivity index (χ0v) is 15.0. The summed E-state index contributed by atoms with van der Waals surface area (Å²) < 4.78 is 18.6. The first-order valence-corrected chi connectivity index (χ1v) is 8.47. The fourth-order valence-corrected chi connectivity index (χ4v) is 3.16. The van der Waals surface area contributed by atoms with Crippen molar-refractivity contribution in [2.45, 2.75) is 44.9 Å². The molecule has 0 radical (unpaired) electrons. The number of benzene rings is 2. The molecule has 1 saturated carbocycles. The molecule has 1 N–H and O–H groups in total. The van der Waals surface area contributed by atoms with E-state index >= 15 is 0 Å². The molecule has 0 unspecified atom stereocenters. The van der Waals surface area contributed by atoms with Crippen LogP contribution in [0.15, 0.2) is 42.5 Å². The predicted molar refractivity (Wildman–Crippen MR) is 98.5 cm³/mol. The highest BCUT2D eigenvalue weighted by Crippen LogP contribution is 2.27. The molecule has 5 heteroatoms. The van der Waals surface area contributed by atoms with Crippen molar-refractivity contribution >= 4 is 24.0 Å². The maximum Gasteiger partial charge on any atom is 0.138 e. The fourth-order valence-electron chi connectivity index (χ4n) is 2.91.